The zero-order chi connectivity index (χ0) is 18.7. The van der Waals surface area contributed by atoms with E-state index in [9.17, 15) is 5.11 Å². The second-order valence-corrected chi connectivity index (χ2v) is 7.36. The third-order valence-electron chi connectivity index (χ3n) is 4.76. The summed E-state index contributed by atoms with van der Waals surface area (Å²) in [6, 6.07) is 12.8. The largest absolute Gasteiger partial charge is 0.508 e. The quantitative estimate of drug-likeness (QED) is 0.472. The Balaban J connectivity index is 1.64. The minimum absolute atomic E-state index is 0.129. The first kappa shape index (κ1) is 15.4. The van der Waals surface area contributed by atoms with E-state index in [0.717, 1.165) is 21.8 Å². The van der Waals surface area contributed by atoms with Crippen LogP contribution < -0.4 is 4.74 Å². The number of phenolic OH excluding ortho intramolecular Hbond substituents is 1. The molecule has 28 heavy (non-hydrogen) atoms. The van der Waals surface area contributed by atoms with Crippen molar-refractivity contribution in [1.82, 2.24) is 19.6 Å². The molecule has 136 valence electrons. The van der Waals surface area contributed by atoms with E-state index in [1.165, 1.54) is 0 Å². The van der Waals surface area contributed by atoms with Crippen LogP contribution in [-0.2, 0) is 0 Å². The minimum Gasteiger partial charge on any atom is -0.508 e. The van der Waals surface area contributed by atoms with E-state index in [-0.39, 0.29) is 11.7 Å². The van der Waals surface area contributed by atoms with Crippen LogP contribution in [0.5, 0.6) is 17.4 Å². The van der Waals surface area contributed by atoms with Gasteiger partial charge < -0.3 is 14.3 Å². The maximum atomic E-state index is 9.88. The Kier molecular flexibility index (Phi) is 3.12. The summed E-state index contributed by atoms with van der Waals surface area (Å²) < 4.78 is 13.4. The molecule has 8 heteroatoms. The number of thiophene rings is 1. The molecule has 0 fully saturated rings. The highest BCUT2D eigenvalue weighted by Gasteiger charge is 2.35. The van der Waals surface area contributed by atoms with Gasteiger partial charge in [0.2, 0.25) is 5.88 Å². The van der Waals surface area contributed by atoms with Crippen LogP contribution in [0, 0.1) is 0 Å². The summed E-state index contributed by atoms with van der Waals surface area (Å²) in [7, 11) is 0. The van der Waals surface area contributed by atoms with E-state index in [4.69, 9.17) is 14.1 Å². The number of hydrogen-bond acceptors (Lipinski definition) is 7. The lowest BCUT2D eigenvalue weighted by atomic mass is 9.87. The highest BCUT2D eigenvalue weighted by Crippen LogP contribution is 2.48. The number of benzene rings is 1. The van der Waals surface area contributed by atoms with E-state index in [1.807, 2.05) is 35.7 Å². The lowest BCUT2D eigenvalue weighted by Crippen LogP contribution is -2.14. The van der Waals surface area contributed by atoms with Crippen molar-refractivity contribution >= 4 is 17.0 Å². The van der Waals surface area contributed by atoms with Gasteiger partial charge in [-0.25, -0.2) is 14.5 Å². The van der Waals surface area contributed by atoms with Crippen LogP contribution >= 0.6 is 11.3 Å². The van der Waals surface area contributed by atoms with Gasteiger partial charge in [-0.05, 0) is 29.6 Å². The van der Waals surface area contributed by atoms with E-state index in [2.05, 4.69) is 10.1 Å². The molecule has 1 N–H and O–H groups in total. The van der Waals surface area contributed by atoms with Gasteiger partial charge in [0.15, 0.2) is 11.5 Å². The molecular formula is C20H12N4O3S. The van der Waals surface area contributed by atoms with Crippen LogP contribution in [0.1, 0.15) is 22.8 Å². The summed E-state index contributed by atoms with van der Waals surface area (Å²) in [5.41, 5.74) is 2.32. The van der Waals surface area contributed by atoms with Gasteiger partial charge in [-0.3, -0.25) is 0 Å². The smallest absolute Gasteiger partial charge is 0.228 e. The molecule has 0 amide bonds. The van der Waals surface area contributed by atoms with Gasteiger partial charge in [0.25, 0.3) is 0 Å². The lowest BCUT2D eigenvalue weighted by Gasteiger charge is -2.26. The van der Waals surface area contributed by atoms with Crippen molar-refractivity contribution in [2.75, 3.05) is 0 Å². The van der Waals surface area contributed by atoms with Crippen LogP contribution in [0.25, 0.3) is 16.3 Å². The van der Waals surface area contributed by atoms with Crippen LogP contribution in [0.4, 0.5) is 0 Å². The summed E-state index contributed by atoms with van der Waals surface area (Å²) in [6.45, 7) is 0. The Labute approximate surface area is 162 Å². The number of ether oxygens (including phenoxy) is 1. The monoisotopic (exact) mass is 388 g/mol. The summed E-state index contributed by atoms with van der Waals surface area (Å²) in [5.74, 6) is 2.21. The fourth-order valence-corrected chi connectivity index (χ4v) is 4.22. The van der Waals surface area contributed by atoms with Crippen LogP contribution in [0.2, 0.25) is 0 Å². The van der Waals surface area contributed by atoms with E-state index >= 15 is 0 Å². The first-order chi connectivity index (χ1) is 13.8. The second-order valence-electron chi connectivity index (χ2n) is 6.42. The van der Waals surface area contributed by atoms with E-state index in [1.54, 1.807) is 40.6 Å². The molecule has 0 radical (unpaired) electrons. The van der Waals surface area contributed by atoms with Gasteiger partial charge >= 0.3 is 0 Å². The topological polar surface area (TPSA) is 85.7 Å². The van der Waals surface area contributed by atoms with Crippen molar-refractivity contribution in [2.45, 2.75) is 5.92 Å². The summed E-state index contributed by atoms with van der Waals surface area (Å²) >= 11 is 1.58. The van der Waals surface area contributed by atoms with Crippen molar-refractivity contribution in [3.63, 3.8) is 0 Å². The Morgan fingerprint density at radius 1 is 1.14 bits per heavy atom. The molecule has 0 aliphatic carbocycles. The predicted octanol–water partition coefficient (Wildman–Crippen LogP) is 4.44. The Morgan fingerprint density at radius 2 is 2.11 bits per heavy atom. The maximum Gasteiger partial charge on any atom is 0.228 e. The fraction of sp³-hybridized carbons (Fsp3) is 0.0500. The van der Waals surface area contributed by atoms with Gasteiger partial charge in [0, 0.05) is 11.6 Å². The number of rotatable bonds is 2. The van der Waals surface area contributed by atoms with Crippen molar-refractivity contribution in [3.05, 3.63) is 77.3 Å². The van der Waals surface area contributed by atoms with Gasteiger partial charge in [-0.2, -0.15) is 0 Å². The highest BCUT2D eigenvalue weighted by molar-refractivity contribution is 7.13. The first-order valence-corrected chi connectivity index (χ1v) is 9.49. The first-order valence-electron chi connectivity index (χ1n) is 8.61. The molecule has 0 saturated heterocycles. The number of aromatic hydroxyl groups is 1. The standard InChI is InChI=1S/C20H12N4O3S/c25-11-5-6-12-14(9-11)27-20-17(16(12)13-3-1-7-26-13)19-22-18(15-4-2-8-28-15)23-24(19)10-21-20/h1-10,16,25H. The van der Waals surface area contributed by atoms with Crippen LogP contribution in [-0.4, -0.2) is 24.7 Å². The van der Waals surface area contributed by atoms with Gasteiger partial charge in [0.05, 0.1) is 22.6 Å². The summed E-state index contributed by atoms with van der Waals surface area (Å²) in [4.78, 5) is 10.2. The molecule has 1 aromatic carbocycles. The average molecular weight is 388 g/mol. The zero-order valence-electron chi connectivity index (χ0n) is 14.3. The third-order valence-corrected chi connectivity index (χ3v) is 5.63. The SMILES string of the molecule is Oc1ccc2c(c1)Oc1ncn3nc(-c4cccs4)nc3c1C2c1ccco1. The summed E-state index contributed by atoms with van der Waals surface area (Å²) in [6.07, 6.45) is 3.23. The van der Waals surface area contributed by atoms with Crippen molar-refractivity contribution < 1.29 is 14.3 Å². The molecule has 1 aliphatic rings. The summed E-state index contributed by atoms with van der Waals surface area (Å²) in [5, 5.41) is 16.5. The third kappa shape index (κ3) is 2.18. The molecule has 5 heterocycles. The molecular weight excluding hydrogens is 376 g/mol. The number of phenols is 1. The minimum atomic E-state index is -0.272. The van der Waals surface area contributed by atoms with E-state index in [0.29, 0.717) is 23.1 Å². The van der Waals surface area contributed by atoms with Crippen LogP contribution in [0.15, 0.2) is 64.9 Å². The van der Waals surface area contributed by atoms with Gasteiger partial charge in [-0.15, -0.1) is 16.4 Å². The number of hydrogen-bond donors (Lipinski definition) is 1. The number of furan rings is 1. The molecule has 0 bridgehead atoms. The molecule has 1 unspecified atom stereocenters. The van der Waals surface area contributed by atoms with Crippen LogP contribution in [0.3, 0.4) is 0 Å². The Morgan fingerprint density at radius 3 is 2.93 bits per heavy atom. The lowest BCUT2D eigenvalue weighted by molar-refractivity contribution is 0.409. The van der Waals surface area contributed by atoms with Crippen molar-refractivity contribution in [3.8, 4) is 28.1 Å². The van der Waals surface area contributed by atoms with Crippen molar-refractivity contribution in [1.29, 1.82) is 0 Å². The Hall–Kier alpha value is -3.65. The maximum absolute atomic E-state index is 9.88. The number of fused-ring (bicyclic) bond motifs is 4. The fourth-order valence-electron chi connectivity index (χ4n) is 3.56. The molecule has 4 aromatic heterocycles. The zero-order valence-corrected chi connectivity index (χ0v) is 15.1. The Bertz CT molecular complexity index is 1310. The molecule has 0 spiro atoms. The molecule has 6 rings (SSSR count). The molecule has 0 saturated carbocycles. The predicted molar refractivity (Wildman–Crippen MR) is 102 cm³/mol. The molecule has 1 atom stereocenters. The highest BCUT2D eigenvalue weighted by atomic mass is 32.1. The number of nitrogens with zero attached hydrogens (tertiary/aromatic N) is 4. The van der Waals surface area contributed by atoms with Gasteiger partial charge in [0.1, 0.15) is 23.6 Å². The normalized spacial score (nSPS) is 15.2. The second kappa shape index (κ2) is 5.67. The number of aromatic nitrogens is 4. The molecule has 5 aromatic rings. The van der Waals surface area contributed by atoms with Gasteiger partial charge in [-0.1, -0.05) is 12.1 Å². The van der Waals surface area contributed by atoms with E-state index < -0.39 is 0 Å². The van der Waals surface area contributed by atoms with Crippen molar-refractivity contribution in [2.24, 2.45) is 0 Å². The molecule has 7 nitrogen and oxygen atoms in total. The molecule has 1 aliphatic heterocycles. The average Bonchev–Trinajstić information content (AvgIpc) is 3.46.